The maximum absolute atomic E-state index is 13.0. The number of ether oxygens (including phenoxy) is 1. The van der Waals surface area contributed by atoms with Gasteiger partial charge in [-0.05, 0) is 25.1 Å². The third kappa shape index (κ3) is 3.18. The molecule has 0 atom stereocenters. The molecule has 2 aromatic rings. The average Bonchev–Trinajstić information content (AvgIpc) is 2.82. The summed E-state index contributed by atoms with van der Waals surface area (Å²) in [5.74, 6) is -1.08. The Hall–Kier alpha value is -1.73. The highest BCUT2D eigenvalue weighted by Gasteiger charge is 2.18. The summed E-state index contributed by atoms with van der Waals surface area (Å²) in [7, 11) is 0. The van der Waals surface area contributed by atoms with Crippen LogP contribution in [0.2, 0.25) is 5.02 Å². The van der Waals surface area contributed by atoms with Gasteiger partial charge in [0, 0.05) is 17.2 Å². The standard InChI is InChI=1S/C11H9ClFN3O2S/c1-2-18-11(17)9-10(19-16-15-9)14-6-3-4-8(13)7(12)5-6/h3-5,14H,2H2,1H3. The molecule has 5 nitrogen and oxygen atoms in total. The Bertz CT molecular complexity index is 605. The minimum atomic E-state index is -0.563. The molecular weight excluding hydrogens is 293 g/mol. The second-order valence-corrected chi connectivity index (χ2v) is 4.59. The van der Waals surface area contributed by atoms with Gasteiger partial charge >= 0.3 is 5.97 Å². The first-order chi connectivity index (χ1) is 9.11. The van der Waals surface area contributed by atoms with Gasteiger partial charge in [0.15, 0.2) is 0 Å². The number of esters is 1. The molecule has 0 amide bonds. The molecule has 100 valence electrons. The van der Waals surface area contributed by atoms with Crippen molar-refractivity contribution in [3.8, 4) is 0 Å². The summed E-state index contributed by atoms with van der Waals surface area (Å²) in [5, 5.41) is 7.00. The lowest BCUT2D eigenvalue weighted by atomic mass is 10.3. The van der Waals surface area contributed by atoms with Gasteiger partial charge in [-0.3, -0.25) is 0 Å². The molecule has 0 radical (unpaired) electrons. The maximum Gasteiger partial charge on any atom is 0.362 e. The first kappa shape index (κ1) is 13.7. The van der Waals surface area contributed by atoms with E-state index in [4.69, 9.17) is 16.3 Å². The molecule has 0 aliphatic carbocycles. The van der Waals surface area contributed by atoms with Crippen molar-refractivity contribution in [1.29, 1.82) is 0 Å². The van der Waals surface area contributed by atoms with Crippen molar-refractivity contribution in [3.05, 3.63) is 34.7 Å². The lowest BCUT2D eigenvalue weighted by Gasteiger charge is -2.05. The summed E-state index contributed by atoms with van der Waals surface area (Å²) < 4.78 is 21.6. The van der Waals surface area contributed by atoms with Crippen molar-refractivity contribution in [2.45, 2.75) is 6.92 Å². The van der Waals surface area contributed by atoms with Crippen molar-refractivity contribution >= 4 is 39.8 Å². The van der Waals surface area contributed by atoms with Crippen LogP contribution in [-0.4, -0.2) is 22.2 Å². The van der Waals surface area contributed by atoms with Crippen LogP contribution in [0.4, 0.5) is 15.1 Å². The highest BCUT2D eigenvalue weighted by atomic mass is 35.5. The first-order valence-electron chi connectivity index (χ1n) is 5.33. The number of carbonyl (C=O) groups excluding carboxylic acids is 1. The molecule has 19 heavy (non-hydrogen) atoms. The number of hydrogen-bond donors (Lipinski definition) is 1. The fraction of sp³-hybridized carbons (Fsp3) is 0.182. The molecule has 8 heteroatoms. The SMILES string of the molecule is CCOC(=O)c1nnsc1Nc1ccc(F)c(Cl)c1. The summed E-state index contributed by atoms with van der Waals surface area (Å²) >= 11 is 6.67. The zero-order chi connectivity index (χ0) is 13.8. The van der Waals surface area contributed by atoms with Crippen LogP contribution in [-0.2, 0) is 4.74 Å². The normalized spacial score (nSPS) is 10.3. The molecule has 0 unspecified atom stereocenters. The molecule has 0 bridgehead atoms. The van der Waals surface area contributed by atoms with Gasteiger partial charge in [-0.2, -0.15) is 0 Å². The summed E-state index contributed by atoms with van der Waals surface area (Å²) in [5.41, 5.74) is 0.621. The minimum Gasteiger partial charge on any atom is -0.461 e. The molecule has 1 aromatic heterocycles. The number of nitrogens with zero attached hydrogens (tertiary/aromatic N) is 2. The molecule has 0 saturated carbocycles. The van der Waals surface area contributed by atoms with E-state index in [-0.39, 0.29) is 17.3 Å². The van der Waals surface area contributed by atoms with Gasteiger partial charge in [-0.15, -0.1) is 5.10 Å². The Morgan fingerprint density at radius 2 is 2.37 bits per heavy atom. The lowest BCUT2D eigenvalue weighted by Crippen LogP contribution is -2.07. The Morgan fingerprint density at radius 3 is 3.05 bits per heavy atom. The van der Waals surface area contributed by atoms with E-state index in [1.807, 2.05) is 0 Å². The zero-order valence-electron chi connectivity index (χ0n) is 9.81. The maximum atomic E-state index is 13.0. The predicted molar refractivity (Wildman–Crippen MR) is 70.6 cm³/mol. The van der Waals surface area contributed by atoms with Gasteiger partial charge in [-0.25, -0.2) is 9.18 Å². The Labute approximate surface area is 117 Å². The number of carbonyl (C=O) groups is 1. The highest BCUT2D eigenvalue weighted by molar-refractivity contribution is 7.10. The van der Waals surface area contributed by atoms with E-state index in [2.05, 4.69) is 14.9 Å². The monoisotopic (exact) mass is 301 g/mol. The van der Waals surface area contributed by atoms with E-state index >= 15 is 0 Å². The molecule has 0 aliphatic rings. The number of nitrogens with one attached hydrogen (secondary N) is 1. The van der Waals surface area contributed by atoms with Crippen molar-refractivity contribution in [3.63, 3.8) is 0 Å². The minimum absolute atomic E-state index is 0.0137. The van der Waals surface area contributed by atoms with E-state index in [0.29, 0.717) is 10.7 Å². The Morgan fingerprint density at radius 1 is 1.58 bits per heavy atom. The van der Waals surface area contributed by atoms with Crippen LogP contribution in [0.1, 0.15) is 17.4 Å². The van der Waals surface area contributed by atoms with Crippen LogP contribution in [0.25, 0.3) is 0 Å². The number of rotatable bonds is 4. The molecular formula is C11H9ClFN3O2S. The fourth-order valence-corrected chi connectivity index (χ4v) is 2.07. The van der Waals surface area contributed by atoms with Gasteiger partial charge in [-0.1, -0.05) is 16.1 Å². The van der Waals surface area contributed by atoms with Gasteiger partial charge in [0.1, 0.15) is 10.8 Å². The van der Waals surface area contributed by atoms with Crippen molar-refractivity contribution in [1.82, 2.24) is 9.59 Å². The van der Waals surface area contributed by atoms with Gasteiger partial charge in [0.2, 0.25) is 5.69 Å². The summed E-state index contributed by atoms with van der Waals surface area (Å²) in [6, 6.07) is 4.13. The molecule has 0 fully saturated rings. The second kappa shape index (κ2) is 5.94. The topological polar surface area (TPSA) is 64.1 Å². The molecule has 1 N–H and O–H groups in total. The summed E-state index contributed by atoms with van der Waals surface area (Å²) in [4.78, 5) is 11.6. The molecule has 1 aromatic carbocycles. The van der Waals surface area contributed by atoms with Gasteiger partial charge in [0.05, 0.1) is 11.6 Å². The van der Waals surface area contributed by atoms with Gasteiger partial charge in [0.25, 0.3) is 0 Å². The van der Waals surface area contributed by atoms with Crippen LogP contribution in [0.15, 0.2) is 18.2 Å². The number of halogens is 2. The molecule has 0 aliphatic heterocycles. The first-order valence-corrected chi connectivity index (χ1v) is 6.48. The Balaban J connectivity index is 2.21. The zero-order valence-corrected chi connectivity index (χ0v) is 11.4. The van der Waals surface area contributed by atoms with Crippen molar-refractivity contribution in [2.24, 2.45) is 0 Å². The molecule has 1 heterocycles. The largest absolute Gasteiger partial charge is 0.461 e. The van der Waals surface area contributed by atoms with E-state index in [1.165, 1.54) is 18.2 Å². The summed E-state index contributed by atoms with van der Waals surface area (Å²) in [6.07, 6.45) is 0. The van der Waals surface area contributed by atoms with Gasteiger partial charge < -0.3 is 10.1 Å². The fourth-order valence-electron chi connectivity index (χ4n) is 1.31. The van der Waals surface area contributed by atoms with Crippen molar-refractivity contribution in [2.75, 3.05) is 11.9 Å². The van der Waals surface area contributed by atoms with Crippen LogP contribution in [0.3, 0.4) is 0 Å². The molecule has 2 rings (SSSR count). The van der Waals surface area contributed by atoms with Crippen LogP contribution >= 0.6 is 23.1 Å². The molecule has 0 saturated heterocycles. The highest BCUT2D eigenvalue weighted by Crippen LogP contribution is 2.26. The summed E-state index contributed by atoms with van der Waals surface area (Å²) in [6.45, 7) is 1.95. The van der Waals surface area contributed by atoms with Crippen LogP contribution < -0.4 is 5.32 Å². The average molecular weight is 302 g/mol. The predicted octanol–water partition coefficient (Wildman–Crippen LogP) is 3.25. The third-order valence-corrected chi connectivity index (χ3v) is 3.07. The number of anilines is 2. The smallest absolute Gasteiger partial charge is 0.362 e. The van der Waals surface area contributed by atoms with E-state index in [0.717, 1.165) is 11.5 Å². The van der Waals surface area contributed by atoms with E-state index in [9.17, 15) is 9.18 Å². The quantitative estimate of drug-likeness (QED) is 0.878. The number of aromatic nitrogens is 2. The van der Waals surface area contributed by atoms with Crippen molar-refractivity contribution < 1.29 is 13.9 Å². The van der Waals surface area contributed by atoms with Crippen LogP contribution in [0.5, 0.6) is 0 Å². The van der Waals surface area contributed by atoms with Crippen LogP contribution in [0, 0.1) is 5.82 Å². The van der Waals surface area contributed by atoms with E-state index in [1.54, 1.807) is 6.92 Å². The number of hydrogen-bond acceptors (Lipinski definition) is 6. The Kier molecular flexibility index (Phi) is 4.28. The van der Waals surface area contributed by atoms with E-state index < -0.39 is 11.8 Å². The third-order valence-electron chi connectivity index (χ3n) is 2.13. The number of benzene rings is 1. The second-order valence-electron chi connectivity index (χ2n) is 3.43. The molecule has 0 spiro atoms. The lowest BCUT2D eigenvalue weighted by molar-refractivity contribution is 0.0520.